The second-order valence-electron chi connectivity index (χ2n) is 4.90. The molecular formula is C15H13ClF3NO2S. The molecule has 0 aromatic heterocycles. The van der Waals surface area contributed by atoms with E-state index in [4.69, 9.17) is 11.6 Å². The van der Waals surface area contributed by atoms with Crippen LogP contribution in [-0.2, 0) is 16.2 Å². The largest absolute Gasteiger partial charge is 0.416 e. The van der Waals surface area contributed by atoms with Crippen molar-refractivity contribution in [2.45, 2.75) is 24.0 Å². The molecule has 0 aliphatic carbocycles. The lowest BCUT2D eigenvalue weighted by Gasteiger charge is -2.16. The van der Waals surface area contributed by atoms with Gasteiger partial charge in [0.2, 0.25) is 10.0 Å². The van der Waals surface area contributed by atoms with E-state index in [1.54, 1.807) is 37.3 Å². The van der Waals surface area contributed by atoms with Gasteiger partial charge in [0.05, 0.1) is 10.6 Å². The van der Waals surface area contributed by atoms with Gasteiger partial charge >= 0.3 is 6.18 Å². The highest BCUT2D eigenvalue weighted by atomic mass is 35.5. The van der Waals surface area contributed by atoms with Crippen LogP contribution in [0.3, 0.4) is 0 Å². The average molecular weight is 364 g/mol. The summed E-state index contributed by atoms with van der Waals surface area (Å²) in [5, 5.41) is -0.272. The molecule has 0 fully saturated rings. The lowest BCUT2D eigenvalue weighted by molar-refractivity contribution is -0.137. The molecule has 1 atom stereocenters. The summed E-state index contributed by atoms with van der Waals surface area (Å²) in [6.07, 6.45) is -4.65. The summed E-state index contributed by atoms with van der Waals surface area (Å²) in [5.41, 5.74) is -0.395. The number of alkyl halides is 3. The molecule has 0 radical (unpaired) electrons. The molecule has 8 heteroatoms. The van der Waals surface area contributed by atoms with Crippen LogP contribution in [0.2, 0.25) is 5.02 Å². The summed E-state index contributed by atoms with van der Waals surface area (Å²) in [7, 11) is -4.20. The maximum absolute atomic E-state index is 12.8. The molecule has 0 unspecified atom stereocenters. The molecule has 0 spiro atoms. The van der Waals surface area contributed by atoms with Crippen molar-refractivity contribution in [1.29, 1.82) is 0 Å². The summed E-state index contributed by atoms with van der Waals surface area (Å²) in [6.45, 7) is 1.59. The first-order valence-corrected chi connectivity index (χ1v) is 8.41. The van der Waals surface area contributed by atoms with Gasteiger partial charge in [0.1, 0.15) is 4.90 Å². The molecule has 124 valence electrons. The second-order valence-corrected chi connectivity index (χ2v) is 6.99. The topological polar surface area (TPSA) is 46.2 Å². The third-order valence-electron chi connectivity index (χ3n) is 3.18. The van der Waals surface area contributed by atoms with Gasteiger partial charge in [-0.15, -0.1) is 0 Å². The molecule has 2 rings (SSSR count). The van der Waals surface area contributed by atoms with Crippen LogP contribution in [0.15, 0.2) is 53.4 Å². The van der Waals surface area contributed by atoms with E-state index < -0.39 is 32.7 Å². The molecule has 2 aromatic rings. The second kappa shape index (κ2) is 6.51. The molecule has 0 aliphatic rings. The minimum Gasteiger partial charge on any atom is -0.207 e. The Morgan fingerprint density at radius 1 is 1.09 bits per heavy atom. The Kier molecular flexibility index (Phi) is 5.03. The van der Waals surface area contributed by atoms with Gasteiger partial charge in [0.15, 0.2) is 0 Å². The summed E-state index contributed by atoms with van der Waals surface area (Å²) in [4.78, 5) is -0.600. The predicted octanol–water partition coefficient (Wildman–Crippen LogP) is 4.40. The van der Waals surface area contributed by atoms with Gasteiger partial charge in [-0.1, -0.05) is 41.9 Å². The van der Waals surface area contributed by atoms with Crippen LogP contribution >= 0.6 is 11.6 Å². The number of halogens is 4. The van der Waals surface area contributed by atoms with Crippen LogP contribution in [-0.4, -0.2) is 8.42 Å². The van der Waals surface area contributed by atoms with E-state index >= 15 is 0 Å². The SMILES string of the molecule is C[C@H](NS(=O)(=O)c1cc(C(F)(F)F)ccc1Cl)c1ccccc1. The maximum Gasteiger partial charge on any atom is 0.416 e. The van der Waals surface area contributed by atoms with Crippen molar-refractivity contribution in [3.8, 4) is 0 Å². The van der Waals surface area contributed by atoms with Crippen molar-refractivity contribution < 1.29 is 21.6 Å². The Hall–Kier alpha value is -1.57. The molecule has 0 bridgehead atoms. The summed E-state index contributed by atoms with van der Waals surface area (Å²) < 4.78 is 65.3. The number of sulfonamides is 1. The lowest BCUT2D eigenvalue weighted by atomic mass is 10.1. The van der Waals surface area contributed by atoms with Crippen molar-refractivity contribution in [2.24, 2.45) is 0 Å². The predicted molar refractivity (Wildman–Crippen MR) is 81.6 cm³/mol. The van der Waals surface area contributed by atoms with Gasteiger partial charge in [-0.25, -0.2) is 13.1 Å². The summed E-state index contributed by atoms with van der Waals surface area (Å²) in [5.74, 6) is 0. The molecule has 2 aromatic carbocycles. The van der Waals surface area contributed by atoms with E-state index in [0.29, 0.717) is 11.6 Å². The molecule has 0 amide bonds. The highest BCUT2D eigenvalue weighted by Crippen LogP contribution is 2.33. The van der Waals surface area contributed by atoms with Gasteiger partial charge in [-0.2, -0.15) is 13.2 Å². The van der Waals surface area contributed by atoms with Crippen LogP contribution in [0.4, 0.5) is 13.2 Å². The van der Waals surface area contributed by atoms with Crippen molar-refractivity contribution in [2.75, 3.05) is 0 Å². The third kappa shape index (κ3) is 4.25. The number of hydrogen-bond acceptors (Lipinski definition) is 2. The van der Waals surface area contributed by atoms with E-state index in [9.17, 15) is 21.6 Å². The van der Waals surface area contributed by atoms with Crippen LogP contribution < -0.4 is 4.72 Å². The molecule has 3 nitrogen and oxygen atoms in total. The van der Waals surface area contributed by atoms with Gasteiger partial charge in [-0.05, 0) is 30.7 Å². The molecule has 1 N–H and O–H groups in total. The molecule has 23 heavy (non-hydrogen) atoms. The first-order valence-electron chi connectivity index (χ1n) is 6.55. The van der Waals surface area contributed by atoms with E-state index in [2.05, 4.69) is 4.72 Å². The highest BCUT2D eigenvalue weighted by Gasteiger charge is 2.33. The monoisotopic (exact) mass is 363 g/mol. The van der Waals surface area contributed by atoms with E-state index in [1.807, 2.05) is 0 Å². The zero-order chi connectivity index (χ0) is 17.3. The Morgan fingerprint density at radius 3 is 2.26 bits per heavy atom. The zero-order valence-electron chi connectivity index (χ0n) is 11.9. The number of nitrogens with one attached hydrogen (secondary N) is 1. The maximum atomic E-state index is 12.8. The van der Waals surface area contributed by atoms with Gasteiger partial charge in [-0.3, -0.25) is 0 Å². The van der Waals surface area contributed by atoms with Gasteiger partial charge in [0.25, 0.3) is 0 Å². The number of rotatable bonds is 4. The normalized spacial score (nSPS) is 13.8. The standard InChI is InChI=1S/C15H13ClF3NO2S/c1-10(11-5-3-2-4-6-11)20-23(21,22)14-9-12(15(17,18)19)7-8-13(14)16/h2-10,20H,1H3/t10-/m0/s1. The van der Waals surface area contributed by atoms with Crippen molar-refractivity contribution in [3.05, 3.63) is 64.7 Å². The summed E-state index contributed by atoms with van der Waals surface area (Å²) >= 11 is 5.77. The van der Waals surface area contributed by atoms with Crippen molar-refractivity contribution >= 4 is 21.6 Å². The Bertz CT molecular complexity index is 792. The fourth-order valence-electron chi connectivity index (χ4n) is 1.99. The van der Waals surface area contributed by atoms with E-state index in [1.165, 1.54) is 0 Å². The highest BCUT2D eigenvalue weighted by molar-refractivity contribution is 7.89. The minimum atomic E-state index is -4.65. The number of hydrogen-bond donors (Lipinski definition) is 1. The van der Waals surface area contributed by atoms with Gasteiger partial charge < -0.3 is 0 Å². The van der Waals surface area contributed by atoms with Gasteiger partial charge in [0, 0.05) is 6.04 Å². The summed E-state index contributed by atoms with van der Waals surface area (Å²) in [6, 6.07) is 10.2. The first kappa shape index (κ1) is 17.8. The Balaban J connectivity index is 2.36. The van der Waals surface area contributed by atoms with Crippen LogP contribution in [0.25, 0.3) is 0 Å². The fourth-order valence-corrected chi connectivity index (χ4v) is 3.75. The quantitative estimate of drug-likeness (QED) is 0.875. The zero-order valence-corrected chi connectivity index (χ0v) is 13.5. The van der Waals surface area contributed by atoms with Crippen LogP contribution in [0, 0.1) is 0 Å². The number of benzene rings is 2. The minimum absolute atomic E-state index is 0.272. The molecule has 0 aliphatic heterocycles. The smallest absolute Gasteiger partial charge is 0.207 e. The van der Waals surface area contributed by atoms with Crippen molar-refractivity contribution in [3.63, 3.8) is 0 Å². The van der Waals surface area contributed by atoms with E-state index in [-0.39, 0.29) is 5.02 Å². The fraction of sp³-hybridized carbons (Fsp3) is 0.200. The molecule has 0 heterocycles. The van der Waals surface area contributed by atoms with E-state index in [0.717, 1.165) is 12.1 Å². The average Bonchev–Trinajstić information content (AvgIpc) is 2.46. The van der Waals surface area contributed by atoms with Crippen LogP contribution in [0.1, 0.15) is 24.1 Å². The molecular weight excluding hydrogens is 351 g/mol. The molecule has 0 saturated heterocycles. The Labute approximate surface area is 137 Å². The molecule has 0 saturated carbocycles. The lowest BCUT2D eigenvalue weighted by Crippen LogP contribution is -2.27. The Morgan fingerprint density at radius 2 is 1.70 bits per heavy atom. The first-order chi connectivity index (χ1) is 10.6. The third-order valence-corrected chi connectivity index (χ3v) is 5.20. The van der Waals surface area contributed by atoms with Crippen LogP contribution in [0.5, 0.6) is 0 Å². The van der Waals surface area contributed by atoms with Crippen molar-refractivity contribution in [1.82, 2.24) is 4.72 Å².